The molecule has 4 atom stereocenters. The zero-order valence-corrected chi connectivity index (χ0v) is 13.0. The zero-order valence-electron chi connectivity index (χ0n) is 13.0. The summed E-state index contributed by atoms with van der Waals surface area (Å²) in [5.41, 5.74) is 0. The summed E-state index contributed by atoms with van der Waals surface area (Å²) in [5.74, 6) is 0.751. The summed E-state index contributed by atoms with van der Waals surface area (Å²) < 4.78 is 5.85. The Morgan fingerprint density at radius 1 is 1.21 bits per heavy atom. The highest BCUT2D eigenvalue weighted by Crippen LogP contribution is 2.25. The monoisotopic (exact) mass is 268 g/mol. The van der Waals surface area contributed by atoms with Crippen molar-refractivity contribution in [1.82, 2.24) is 10.2 Å². The summed E-state index contributed by atoms with van der Waals surface area (Å²) in [4.78, 5) is 2.68. The summed E-state index contributed by atoms with van der Waals surface area (Å²) in [6.07, 6.45) is 6.95. The summed E-state index contributed by atoms with van der Waals surface area (Å²) in [6, 6.07) is 1.41. The smallest absolute Gasteiger partial charge is 0.0587 e. The Balaban J connectivity index is 1.75. The van der Waals surface area contributed by atoms with Gasteiger partial charge in [-0.05, 0) is 58.0 Å². The van der Waals surface area contributed by atoms with Gasteiger partial charge in [-0.25, -0.2) is 0 Å². The molecule has 0 spiro atoms. The van der Waals surface area contributed by atoms with Crippen molar-refractivity contribution < 1.29 is 4.74 Å². The summed E-state index contributed by atoms with van der Waals surface area (Å²) in [7, 11) is 0. The number of likely N-dealkylation sites (tertiary alicyclic amines) is 1. The quantitative estimate of drug-likeness (QED) is 0.829. The number of nitrogens with zero attached hydrogens (tertiary/aromatic N) is 1. The maximum Gasteiger partial charge on any atom is 0.0587 e. The second-order valence-corrected chi connectivity index (χ2v) is 6.37. The maximum absolute atomic E-state index is 5.85. The molecule has 2 saturated heterocycles. The normalized spacial score (nSPS) is 37.4. The summed E-state index contributed by atoms with van der Waals surface area (Å²) in [5, 5.41) is 3.64. The Hall–Kier alpha value is -0.120. The van der Waals surface area contributed by atoms with Gasteiger partial charge in [0.25, 0.3) is 0 Å². The van der Waals surface area contributed by atoms with Crippen LogP contribution in [0.5, 0.6) is 0 Å². The molecule has 4 unspecified atom stereocenters. The van der Waals surface area contributed by atoms with E-state index in [-0.39, 0.29) is 0 Å². The lowest BCUT2D eigenvalue weighted by Crippen LogP contribution is -2.53. The van der Waals surface area contributed by atoms with Crippen molar-refractivity contribution in [2.75, 3.05) is 26.2 Å². The minimum atomic E-state index is 0.530. The van der Waals surface area contributed by atoms with Gasteiger partial charge in [-0.15, -0.1) is 0 Å². The summed E-state index contributed by atoms with van der Waals surface area (Å²) >= 11 is 0. The molecule has 2 fully saturated rings. The van der Waals surface area contributed by atoms with Crippen molar-refractivity contribution in [3.63, 3.8) is 0 Å². The molecule has 1 N–H and O–H groups in total. The molecule has 0 aromatic heterocycles. The lowest BCUT2D eigenvalue weighted by atomic mass is 9.86. The standard InChI is InChI=1S/C16H32N2O/c1-4-17-16-9-11-18(14(3)13(16)2)10-8-15-7-5-6-12-19-15/h13-17H,4-12H2,1-3H3. The third kappa shape index (κ3) is 4.17. The van der Waals surface area contributed by atoms with Crippen molar-refractivity contribution in [3.05, 3.63) is 0 Å². The molecule has 0 amide bonds. The lowest BCUT2D eigenvalue weighted by Gasteiger charge is -2.43. The average molecular weight is 268 g/mol. The predicted molar refractivity (Wildman–Crippen MR) is 80.5 cm³/mol. The molecule has 0 aromatic rings. The van der Waals surface area contributed by atoms with Gasteiger partial charge >= 0.3 is 0 Å². The van der Waals surface area contributed by atoms with Crippen LogP contribution in [0.3, 0.4) is 0 Å². The van der Waals surface area contributed by atoms with E-state index in [1.165, 1.54) is 45.2 Å². The molecule has 0 radical (unpaired) electrons. The molecule has 0 bridgehead atoms. The molecule has 2 aliphatic heterocycles. The van der Waals surface area contributed by atoms with Crippen molar-refractivity contribution in [2.24, 2.45) is 5.92 Å². The van der Waals surface area contributed by atoms with Gasteiger partial charge < -0.3 is 15.0 Å². The molecule has 0 aliphatic carbocycles. The first-order valence-electron chi connectivity index (χ1n) is 8.31. The van der Waals surface area contributed by atoms with Crippen LogP contribution in [0.25, 0.3) is 0 Å². The predicted octanol–water partition coefficient (Wildman–Crippen LogP) is 2.65. The fraction of sp³-hybridized carbons (Fsp3) is 1.00. The third-order valence-corrected chi connectivity index (χ3v) is 5.18. The van der Waals surface area contributed by atoms with Crippen LogP contribution in [-0.2, 0) is 4.74 Å². The number of nitrogens with one attached hydrogen (secondary N) is 1. The van der Waals surface area contributed by atoms with Crippen LogP contribution in [0.2, 0.25) is 0 Å². The minimum Gasteiger partial charge on any atom is -0.378 e. The highest BCUT2D eigenvalue weighted by Gasteiger charge is 2.31. The molecular weight excluding hydrogens is 236 g/mol. The Morgan fingerprint density at radius 2 is 2.05 bits per heavy atom. The number of piperidine rings is 1. The van der Waals surface area contributed by atoms with Gasteiger partial charge in [-0.3, -0.25) is 0 Å². The average Bonchev–Trinajstić information content (AvgIpc) is 2.44. The van der Waals surface area contributed by atoms with E-state index in [9.17, 15) is 0 Å². The number of hydrogen-bond donors (Lipinski definition) is 1. The molecule has 2 rings (SSSR count). The van der Waals surface area contributed by atoms with Gasteiger partial charge in [0.05, 0.1) is 6.10 Å². The van der Waals surface area contributed by atoms with Crippen molar-refractivity contribution in [2.45, 2.75) is 71.1 Å². The largest absolute Gasteiger partial charge is 0.378 e. The van der Waals surface area contributed by atoms with Gasteiger partial charge in [0.1, 0.15) is 0 Å². The Bertz CT molecular complexity index is 253. The van der Waals surface area contributed by atoms with E-state index in [0.717, 1.165) is 19.1 Å². The van der Waals surface area contributed by atoms with E-state index < -0.39 is 0 Å². The van der Waals surface area contributed by atoms with Crippen LogP contribution in [0.15, 0.2) is 0 Å². The molecule has 3 heteroatoms. The minimum absolute atomic E-state index is 0.530. The SMILES string of the molecule is CCNC1CCN(CCC2CCCCO2)C(C)C1C. The van der Waals surface area contributed by atoms with Gasteiger partial charge in [0, 0.05) is 25.2 Å². The van der Waals surface area contributed by atoms with E-state index in [2.05, 4.69) is 31.0 Å². The molecule has 0 saturated carbocycles. The molecule has 2 heterocycles. The van der Waals surface area contributed by atoms with E-state index in [1.807, 2.05) is 0 Å². The molecule has 0 aromatic carbocycles. The van der Waals surface area contributed by atoms with Crippen LogP contribution in [-0.4, -0.2) is 49.3 Å². The van der Waals surface area contributed by atoms with Crippen LogP contribution >= 0.6 is 0 Å². The highest BCUT2D eigenvalue weighted by atomic mass is 16.5. The van der Waals surface area contributed by atoms with Crippen molar-refractivity contribution in [1.29, 1.82) is 0 Å². The lowest BCUT2D eigenvalue weighted by molar-refractivity contribution is -0.00359. The molecule has 112 valence electrons. The van der Waals surface area contributed by atoms with Crippen LogP contribution in [0.4, 0.5) is 0 Å². The maximum atomic E-state index is 5.85. The van der Waals surface area contributed by atoms with E-state index >= 15 is 0 Å². The van der Waals surface area contributed by atoms with E-state index in [4.69, 9.17) is 4.74 Å². The van der Waals surface area contributed by atoms with E-state index in [0.29, 0.717) is 18.2 Å². The Labute approximate surface area is 119 Å². The van der Waals surface area contributed by atoms with Gasteiger partial charge in [0.15, 0.2) is 0 Å². The third-order valence-electron chi connectivity index (χ3n) is 5.18. The number of rotatable bonds is 5. The first-order chi connectivity index (χ1) is 9.22. The molecule has 2 aliphatic rings. The van der Waals surface area contributed by atoms with E-state index in [1.54, 1.807) is 0 Å². The molecule has 3 nitrogen and oxygen atoms in total. The number of ether oxygens (including phenoxy) is 1. The van der Waals surface area contributed by atoms with Gasteiger partial charge in [-0.2, -0.15) is 0 Å². The van der Waals surface area contributed by atoms with Crippen LogP contribution in [0.1, 0.15) is 52.9 Å². The van der Waals surface area contributed by atoms with Crippen molar-refractivity contribution in [3.8, 4) is 0 Å². The van der Waals surface area contributed by atoms with Crippen LogP contribution in [0, 0.1) is 5.92 Å². The first-order valence-corrected chi connectivity index (χ1v) is 8.31. The topological polar surface area (TPSA) is 24.5 Å². The Morgan fingerprint density at radius 3 is 2.74 bits per heavy atom. The second kappa shape index (κ2) is 7.61. The van der Waals surface area contributed by atoms with Crippen LogP contribution < -0.4 is 5.32 Å². The van der Waals surface area contributed by atoms with Gasteiger partial charge in [-0.1, -0.05) is 13.8 Å². The highest BCUT2D eigenvalue weighted by molar-refractivity contribution is 4.88. The molecule has 19 heavy (non-hydrogen) atoms. The van der Waals surface area contributed by atoms with Gasteiger partial charge in [0.2, 0.25) is 0 Å². The fourth-order valence-electron chi connectivity index (χ4n) is 3.65. The zero-order chi connectivity index (χ0) is 13.7. The summed E-state index contributed by atoms with van der Waals surface area (Å²) in [6.45, 7) is 11.6. The molecular formula is C16H32N2O. The first kappa shape index (κ1) is 15.3. The fourth-order valence-corrected chi connectivity index (χ4v) is 3.65. The van der Waals surface area contributed by atoms with Crippen molar-refractivity contribution >= 4 is 0 Å². The number of hydrogen-bond acceptors (Lipinski definition) is 3. The Kier molecular flexibility index (Phi) is 6.11. The second-order valence-electron chi connectivity index (χ2n) is 6.37.